The van der Waals surface area contributed by atoms with Gasteiger partial charge in [0.1, 0.15) is 5.75 Å². The maximum atomic E-state index is 12.1. The topological polar surface area (TPSA) is 111 Å². The van der Waals surface area contributed by atoms with Crippen LogP contribution < -0.4 is 14.8 Å². The molecule has 2 aromatic rings. The number of phenolic OH excluding ortho intramolecular Hbond substituents is 1. The maximum Gasteiger partial charge on any atom is 0.344 e. The molecule has 3 rings (SSSR count). The van der Waals surface area contributed by atoms with Crippen LogP contribution in [0, 0.1) is 0 Å². The Hall–Kier alpha value is -3.55. The minimum atomic E-state index is -0.754. The molecule has 0 aromatic heterocycles. The van der Waals surface area contributed by atoms with E-state index in [4.69, 9.17) is 14.2 Å². The molecule has 0 saturated heterocycles. The summed E-state index contributed by atoms with van der Waals surface area (Å²) in [6.45, 7) is -0.996. The van der Waals surface area contributed by atoms with Gasteiger partial charge in [0.2, 0.25) is 0 Å². The number of esters is 1. The van der Waals surface area contributed by atoms with Gasteiger partial charge in [-0.25, -0.2) is 4.79 Å². The number of ketones is 1. The van der Waals surface area contributed by atoms with E-state index < -0.39 is 25.0 Å². The van der Waals surface area contributed by atoms with Crippen LogP contribution in [0.25, 0.3) is 0 Å². The molecule has 8 heteroatoms. The van der Waals surface area contributed by atoms with E-state index >= 15 is 0 Å². The monoisotopic (exact) mass is 357 g/mol. The van der Waals surface area contributed by atoms with E-state index in [0.717, 1.165) is 0 Å². The third kappa shape index (κ3) is 4.10. The molecule has 0 aliphatic carbocycles. The molecule has 0 atom stereocenters. The molecule has 0 radical (unpaired) electrons. The lowest BCUT2D eigenvalue weighted by Gasteiger charge is -2.18. The lowest BCUT2D eigenvalue weighted by atomic mass is 10.1. The number of aromatic hydroxyl groups is 1. The zero-order chi connectivity index (χ0) is 18.5. The van der Waals surface area contributed by atoms with Gasteiger partial charge in [0.05, 0.1) is 5.69 Å². The molecule has 134 valence electrons. The number of Topliss-reactive ketones (excluding diaryl/α,β-unsaturated/α-hetero) is 1. The average Bonchev–Trinajstić information content (AvgIpc) is 2.64. The van der Waals surface area contributed by atoms with Crippen molar-refractivity contribution >= 4 is 23.3 Å². The van der Waals surface area contributed by atoms with E-state index in [1.165, 1.54) is 24.3 Å². The van der Waals surface area contributed by atoms with Crippen LogP contribution in [-0.2, 0) is 14.3 Å². The van der Waals surface area contributed by atoms with Gasteiger partial charge in [0.25, 0.3) is 5.91 Å². The van der Waals surface area contributed by atoms with E-state index in [2.05, 4.69) is 5.32 Å². The fraction of sp³-hybridized carbons (Fsp3) is 0.167. The van der Waals surface area contributed by atoms with E-state index in [0.29, 0.717) is 11.4 Å². The number of carbonyl (C=O) groups is 3. The fourth-order valence-corrected chi connectivity index (χ4v) is 2.24. The minimum Gasteiger partial charge on any atom is -0.504 e. The smallest absolute Gasteiger partial charge is 0.344 e. The van der Waals surface area contributed by atoms with Crippen molar-refractivity contribution in [3.05, 3.63) is 48.0 Å². The first-order valence-electron chi connectivity index (χ1n) is 7.69. The van der Waals surface area contributed by atoms with E-state index in [1.54, 1.807) is 18.2 Å². The standard InChI is InChI=1S/C18H15NO7/c20-13-3-1-2-4-16(13)25-10-18(23)26-8-14(21)11-5-6-15-12(7-11)19-17(22)9-24-15/h1-7,20H,8-10H2,(H,19,22). The van der Waals surface area contributed by atoms with Crippen LogP contribution in [0.2, 0.25) is 0 Å². The molecular weight excluding hydrogens is 342 g/mol. The zero-order valence-electron chi connectivity index (χ0n) is 13.6. The number of carbonyl (C=O) groups excluding carboxylic acids is 3. The second-order valence-electron chi connectivity index (χ2n) is 5.39. The number of hydrogen-bond donors (Lipinski definition) is 2. The highest BCUT2D eigenvalue weighted by Gasteiger charge is 2.18. The predicted octanol–water partition coefficient (Wildman–Crippen LogP) is 1.53. The van der Waals surface area contributed by atoms with Crippen LogP contribution in [0.15, 0.2) is 42.5 Å². The van der Waals surface area contributed by atoms with Gasteiger partial charge in [-0.1, -0.05) is 12.1 Å². The van der Waals surface area contributed by atoms with Gasteiger partial charge in [-0.2, -0.15) is 0 Å². The van der Waals surface area contributed by atoms with Crippen molar-refractivity contribution < 1.29 is 33.7 Å². The molecule has 0 saturated carbocycles. The second-order valence-corrected chi connectivity index (χ2v) is 5.39. The van der Waals surface area contributed by atoms with Crippen molar-refractivity contribution in [3.8, 4) is 17.2 Å². The quantitative estimate of drug-likeness (QED) is 0.596. The number of rotatable bonds is 6. The molecule has 0 bridgehead atoms. The Kier molecular flexibility index (Phi) is 5.02. The van der Waals surface area contributed by atoms with Crippen LogP contribution in [0.4, 0.5) is 5.69 Å². The molecule has 1 aliphatic rings. The van der Waals surface area contributed by atoms with E-state index in [1.807, 2.05) is 0 Å². The number of fused-ring (bicyclic) bond motifs is 1. The summed E-state index contributed by atoms with van der Waals surface area (Å²) in [7, 11) is 0. The lowest BCUT2D eigenvalue weighted by Crippen LogP contribution is -2.25. The van der Waals surface area contributed by atoms with Crippen LogP contribution in [-0.4, -0.2) is 42.6 Å². The van der Waals surface area contributed by atoms with Crippen molar-refractivity contribution in [2.45, 2.75) is 0 Å². The molecule has 1 heterocycles. The normalized spacial score (nSPS) is 12.4. The SMILES string of the molecule is O=C1COc2ccc(C(=O)COC(=O)COc3ccccc3O)cc2N1. The van der Waals surface area contributed by atoms with Crippen molar-refractivity contribution in [2.75, 3.05) is 25.1 Å². The van der Waals surface area contributed by atoms with Gasteiger partial charge in [-0.15, -0.1) is 0 Å². The van der Waals surface area contributed by atoms with Gasteiger partial charge in [-0.3, -0.25) is 9.59 Å². The molecule has 2 aromatic carbocycles. The summed E-state index contributed by atoms with van der Waals surface area (Å²) in [6, 6.07) is 10.7. The summed E-state index contributed by atoms with van der Waals surface area (Å²) in [6.07, 6.45) is 0. The lowest BCUT2D eigenvalue weighted by molar-refractivity contribution is -0.144. The van der Waals surface area contributed by atoms with Gasteiger partial charge in [-0.05, 0) is 30.3 Å². The Morgan fingerprint density at radius 1 is 1.15 bits per heavy atom. The second kappa shape index (κ2) is 7.56. The van der Waals surface area contributed by atoms with Crippen molar-refractivity contribution in [1.82, 2.24) is 0 Å². The Bertz CT molecular complexity index is 862. The summed E-state index contributed by atoms with van der Waals surface area (Å²) >= 11 is 0. The molecule has 1 aliphatic heterocycles. The van der Waals surface area contributed by atoms with Gasteiger partial charge in [0, 0.05) is 5.56 Å². The van der Waals surface area contributed by atoms with Crippen LogP contribution >= 0.6 is 0 Å². The largest absolute Gasteiger partial charge is 0.504 e. The highest BCUT2D eigenvalue weighted by molar-refractivity contribution is 6.01. The molecule has 0 unspecified atom stereocenters. The number of nitrogens with one attached hydrogen (secondary N) is 1. The predicted molar refractivity (Wildman–Crippen MR) is 89.5 cm³/mol. The third-order valence-electron chi connectivity index (χ3n) is 3.51. The summed E-state index contributed by atoms with van der Waals surface area (Å²) in [4.78, 5) is 35.1. The van der Waals surface area contributed by atoms with E-state index in [-0.39, 0.29) is 29.6 Å². The first-order chi connectivity index (χ1) is 12.5. The van der Waals surface area contributed by atoms with Crippen molar-refractivity contribution in [3.63, 3.8) is 0 Å². The number of benzene rings is 2. The molecule has 2 N–H and O–H groups in total. The van der Waals surface area contributed by atoms with Gasteiger partial charge in [0.15, 0.2) is 37.1 Å². The van der Waals surface area contributed by atoms with Crippen molar-refractivity contribution in [1.29, 1.82) is 0 Å². The highest BCUT2D eigenvalue weighted by Crippen LogP contribution is 2.28. The summed E-state index contributed by atoms with van der Waals surface area (Å²) < 4.78 is 15.2. The molecule has 26 heavy (non-hydrogen) atoms. The summed E-state index contributed by atoms with van der Waals surface area (Å²) in [5.41, 5.74) is 0.658. The number of amides is 1. The number of ether oxygens (including phenoxy) is 3. The Labute approximate surface area is 148 Å². The van der Waals surface area contributed by atoms with Gasteiger partial charge < -0.3 is 24.6 Å². The number of para-hydroxylation sites is 2. The first kappa shape index (κ1) is 17.3. The van der Waals surface area contributed by atoms with E-state index in [9.17, 15) is 19.5 Å². The summed E-state index contributed by atoms with van der Waals surface area (Å²) in [5.74, 6) is -1.00. The Balaban J connectivity index is 1.52. The molecule has 1 amide bonds. The van der Waals surface area contributed by atoms with Crippen LogP contribution in [0.3, 0.4) is 0 Å². The average molecular weight is 357 g/mol. The van der Waals surface area contributed by atoms with Crippen LogP contribution in [0.5, 0.6) is 17.2 Å². The molecule has 8 nitrogen and oxygen atoms in total. The molecular formula is C18H15NO7. The van der Waals surface area contributed by atoms with Crippen molar-refractivity contribution in [2.24, 2.45) is 0 Å². The summed E-state index contributed by atoms with van der Waals surface area (Å²) in [5, 5.41) is 12.1. The Morgan fingerprint density at radius 3 is 2.77 bits per heavy atom. The first-order valence-corrected chi connectivity index (χ1v) is 7.69. The number of anilines is 1. The third-order valence-corrected chi connectivity index (χ3v) is 3.51. The zero-order valence-corrected chi connectivity index (χ0v) is 13.6. The maximum absolute atomic E-state index is 12.1. The molecule has 0 spiro atoms. The minimum absolute atomic E-state index is 0.0745. The molecule has 0 fully saturated rings. The highest BCUT2D eigenvalue weighted by atomic mass is 16.6. The van der Waals surface area contributed by atoms with Crippen LogP contribution in [0.1, 0.15) is 10.4 Å². The van der Waals surface area contributed by atoms with Gasteiger partial charge >= 0.3 is 5.97 Å². The number of hydrogen-bond acceptors (Lipinski definition) is 7. The fourth-order valence-electron chi connectivity index (χ4n) is 2.24. The number of phenols is 1. The Morgan fingerprint density at radius 2 is 1.96 bits per heavy atom.